The van der Waals surface area contributed by atoms with Crippen molar-refractivity contribution in [3.63, 3.8) is 0 Å². The molecule has 0 amide bonds. The second-order valence-electron chi connectivity index (χ2n) is 5.72. The number of hydrogen-bond donors (Lipinski definition) is 0. The molecule has 0 aromatic heterocycles. The number of carboxylic acid groups (broad SMARTS) is 4. The molecule has 1 radical (unpaired) electrons. The summed E-state index contributed by atoms with van der Waals surface area (Å²) in [5.74, 6) is -5.97. The summed E-state index contributed by atoms with van der Waals surface area (Å²) in [6.45, 7) is -2.72. The van der Waals surface area contributed by atoms with Crippen LogP contribution in [0.2, 0.25) is 0 Å². The zero-order valence-electron chi connectivity index (χ0n) is 13.3. The van der Waals surface area contributed by atoms with Crippen LogP contribution >= 0.6 is 0 Å². The number of hydrogen-bond acceptors (Lipinski definition) is 10. The van der Waals surface area contributed by atoms with Crippen LogP contribution in [-0.2, 0) is 36.2 Å². The fourth-order valence-corrected chi connectivity index (χ4v) is 3.19. The van der Waals surface area contributed by atoms with Gasteiger partial charge in [0, 0.05) is 38.3 Å². The fourth-order valence-electron chi connectivity index (χ4n) is 3.19. The summed E-state index contributed by atoms with van der Waals surface area (Å²) in [6.07, 6.45) is 2.12. The number of carboxylic acids is 4. The van der Waals surface area contributed by atoms with Crippen LogP contribution < -0.4 is 20.4 Å². The van der Waals surface area contributed by atoms with Gasteiger partial charge in [0.05, 0.1) is 23.9 Å². The van der Waals surface area contributed by atoms with Crippen LogP contribution in [0.3, 0.4) is 0 Å². The average Bonchev–Trinajstić information content (AvgIpc) is 2.44. The van der Waals surface area contributed by atoms with Crippen molar-refractivity contribution >= 4 is 23.9 Å². The first-order valence-electron chi connectivity index (χ1n) is 7.48. The zero-order valence-corrected chi connectivity index (χ0v) is 14.2. The van der Waals surface area contributed by atoms with Crippen LogP contribution in [-0.4, -0.2) is 71.9 Å². The smallest absolute Gasteiger partial charge is 0.549 e. The normalized spacial score (nSPS) is 20.1. The van der Waals surface area contributed by atoms with Gasteiger partial charge in [0.1, 0.15) is 0 Å². The van der Waals surface area contributed by atoms with Crippen LogP contribution in [0.5, 0.6) is 0 Å². The number of rotatable bonds is 10. The quantitative estimate of drug-likeness (QED) is 0.319. The predicted octanol–water partition coefficient (Wildman–Crippen LogP) is -6.10. The monoisotopic (exact) mass is 405 g/mol. The van der Waals surface area contributed by atoms with E-state index in [-0.39, 0.29) is 17.1 Å². The molecule has 0 spiro atoms. The van der Waals surface area contributed by atoms with Crippen molar-refractivity contribution in [1.29, 1.82) is 0 Å². The van der Waals surface area contributed by atoms with Gasteiger partial charge in [-0.05, 0) is 12.8 Å². The minimum absolute atomic E-state index is 0. The molecule has 0 aliphatic heterocycles. The van der Waals surface area contributed by atoms with Crippen molar-refractivity contribution < 1.29 is 56.7 Å². The number of nitrogens with zero attached hydrogens (tertiary/aromatic N) is 2. The summed E-state index contributed by atoms with van der Waals surface area (Å²) in [4.78, 5) is 45.7. The molecule has 0 heterocycles. The number of carbonyl (C=O) groups excluding carboxylic acids is 4. The van der Waals surface area contributed by atoms with Crippen molar-refractivity contribution in [2.45, 2.75) is 37.8 Å². The Balaban J connectivity index is 0.00000576. The molecular formula is C14H18CuN2O8-2. The van der Waals surface area contributed by atoms with E-state index in [9.17, 15) is 39.6 Å². The summed E-state index contributed by atoms with van der Waals surface area (Å²) in [7, 11) is 0. The molecule has 0 aromatic carbocycles. The van der Waals surface area contributed by atoms with Gasteiger partial charge in [-0.2, -0.15) is 0 Å². The fraction of sp³-hybridized carbons (Fsp3) is 0.714. The van der Waals surface area contributed by atoms with Crippen LogP contribution in [0, 0.1) is 0 Å². The molecule has 2 atom stereocenters. The van der Waals surface area contributed by atoms with E-state index in [4.69, 9.17) is 0 Å². The van der Waals surface area contributed by atoms with E-state index < -0.39 is 62.1 Å². The maximum atomic E-state index is 10.9. The topological polar surface area (TPSA) is 167 Å². The average molecular weight is 406 g/mol. The number of carbonyl (C=O) groups is 4. The van der Waals surface area contributed by atoms with Gasteiger partial charge in [0.15, 0.2) is 0 Å². The number of aliphatic carboxylic acids is 4. The first-order chi connectivity index (χ1) is 11.2. The van der Waals surface area contributed by atoms with Crippen LogP contribution in [0.25, 0.3) is 0 Å². The largest absolute Gasteiger partial charge is 2.00 e. The summed E-state index contributed by atoms with van der Waals surface area (Å²) in [6, 6.07) is -1.32. The van der Waals surface area contributed by atoms with Gasteiger partial charge >= 0.3 is 17.1 Å². The Morgan fingerprint density at radius 1 is 0.640 bits per heavy atom. The standard InChI is InChI=1S/C14H22N2O8.Cu/c17-11(18)5-15(6-12(19)20)9-3-1-2-4-10(9)16(7-13(21)22)8-14(23)24;/h9-10H,1-8H2,(H,17,18)(H,19,20)(H,21,22)(H,23,24);/q;+2/p-4. The first-order valence-corrected chi connectivity index (χ1v) is 7.48. The SMILES string of the molecule is O=C([O-])CN(CC(=O)[O-])C1CCCCC1N(CC(=O)[O-])CC(=O)[O-].[Cu+2]. The van der Waals surface area contributed by atoms with Gasteiger partial charge in [0.25, 0.3) is 0 Å². The van der Waals surface area contributed by atoms with Gasteiger partial charge in [-0.25, -0.2) is 0 Å². The second kappa shape index (κ2) is 11.0. The van der Waals surface area contributed by atoms with E-state index in [0.717, 1.165) is 9.80 Å². The van der Waals surface area contributed by atoms with Gasteiger partial charge < -0.3 is 39.6 Å². The third kappa shape index (κ3) is 8.30. The molecule has 0 aromatic rings. The van der Waals surface area contributed by atoms with Crippen LogP contribution in [0.4, 0.5) is 0 Å². The van der Waals surface area contributed by atoms with Gasteiger partial charge in [-0.3, -0.25) is 9.80 Å². The molecule has 1 fully saturated rings. The van der Waals surface area contributed by atoms with E-state index >= 15 is 0 Å². The van der Waals surface area contributed by atoms with E-state index in [1.165, 1.54) is 0 Å². The van der Waals surface area contributed by atoms with Crippen LogP contribution in [0.15, 0.2) is 0 Å². The maximum Gasteiger partial charge on any atom is 2.00 e. The summed E-state index contributed by atoms with van der Waals surface area (Å²) in [5, 5.41) is 43.5. The Hall–Kier alpha value is -1.68. The Bertz CT molecular complexity index is 425. The first kappa shape index (κ1) is 23.3. The molecule has 0 N–H and O–H groups in total. The Labute approximate surface area is 154 Å². The molecule has 0 saturated heterocycles. The third-order valence-electron chi connectivity index (χ3n) is 3.96. The van der Waals surface area contributed by atoms with Crippen molar-refractivity contribution in [1.82, 2.24) is 9.80 Å². The van der Waals surface area contributed by atoms with Crippen molar-refractivity contribution in [2.75, 3.05) is 26.2 Å². The molecule has 1 aliphatic carbocycles. The van der Waals surface area contributed by atoms with E-state index in [1.54, 1.807) is 0 Å². The summed E-state index contributed by atoms with van der Waals surface area (Å²) >= 11 is 0. The van der Waals surface area contributed by atoms with Crippen LogP contribution in [0.1, 0.15) is 25.7 Å². The van der Waals surface area contributed by atoms with Crippen molar-refractivity contribution in [3.8, 4) is 0 Å². The predicted molar refractivity (Wildman–Crippen MR) is 69.2 cm³/mol. The van der Waals surface area contributed by atoms with Gasteiger partial charge in [-0.1, -0.05) is 12.8 Å². The Morgan fingerprint density at radius 2 is 0.880 bits per heavy atom. The van der Waals surface area contributed by atoms with E-state index in [0.29, 0.717) is 25.7 Å². The minimum atomic E-state index is -1.49. The third-order valence-corrected chi connectivity index (χ3v) is 3.96. The molecule has 145 valence electrons. The zero-order chi connectivity index (χ0) is 18.3. The van der Waals surface area contributed by atoms with E-state index in [2.05, 4.69) is 0 Å². The minimum Gasteiger partial charge on any atom is -0.549 e. The van der Waals surface area contributed by atoms with Gasteiger partial charge in [0.2, 0.25) is 0 Å². The Kier molecular flexibility index (Phi) is 10.3. The molecule has 1 rings (SSSR count). The maximum absolute atomic E-state index is 10.9. The molecule has 1 saturated carbocycles. The van der Waals surface area contributed by atoms with Crippen molar-refractivity contribution in [2.24, 2.45) is 0 Å². The molecule has 0 bridgehead atoms. The molecule has 2 unspecified atom stereocenters. The molecule has 10 nitrogen and oxygen atoms in total. The Morgan fingerprint density at radius 3 is 1.08 bits per heavy atom. The molecular weight excluding hydrogens is 388 g/mol. The van der Waals surface area contributed by atoms with Gasteiger partial charge in [-0.15, -0.1) is 0 Å². The summed E-state index contributed by atoms with van der Waals surface area (Å²) < 4.78 is 0. The molecule has 25 heavy (non-hydrogen) atoms. The second-order valence-corrected chi connectivity index (χ2v) is 5.72. The molecule has 11 heteroatoms. The van der Waals surface area contributed by atoms with Crippen molar-refractivity contribution in [3.05, 3.63) is 0 Å². The molecule has 1 aliphatic rings. The van der Waals surface area contributed by atoms with E-state index in [1.807, 2.05) is 0 Å². The summed E-state index contributed by atoms with van der Waals surface area (Å²) in [5.41, 5.74) is 0.